The van der Waals surface area contributed by atoms with E-state index in [0.717, 1.165) is 37.4 Å². The summed E-state index contributed by atoms with van der Waals surface area (Å²) in [6.45, 7) is -0.0949. The maximum atomic E-state index is 12.1. The molecular weight excluding hydrogens is 436 g/mol. The minimum absolute atomic E-state index is 0.0949. The van der Waals surface area contributed by atoms with Gasteiger partial charge in [0.15, 0.2) is 23.3 Å². The average Bonchev–Trinajstić information content (AvgIpc) is 3.11. The molecule has 3 N–H and O–H groups in total. The topological polar surface area (TPSA) is 139 Å². The molecule has 172 valence electrons. The van der Waals surface area contributed by atoms with E-state index >= 15 is 0 Å². The molecule has 2 fully saturated rings. The van der Waals surface area contributed by atoms with Crippen molar-refractivity contribution in [2.45, 2.75) is 49.8 Å². The number of carbonyl (C=O) groups is 3. The van der Waals surface area contributed by atoms with Crippen LogP contribution in [0, 0.1) is 0 Å². The van der Waals surface area contributed by atoms with Crippen LogP contribution in [0.5, 0.6) is 11.5 Å². The van der Waals surface area contributed by atoms with Crippen molar-refractivity contribution in [1.29, 1.82) is 0 Å². The Morgan fingerprint density at radius 2 is 2.06 bits per heavy atom. The van der Waals surface area contributed by atoms with Gasteiger partial charge in [0.25, 0.3) is 5.91 Å². The lowest BCUT2D eigenvalue weighted by Gasteiger charge is -2.22. The molecule has 1 aliphatic heterocycles. The third kappa shape index (κ3) is 6.98. The second-order valence-corrected chi connectivity index (χ2v) is 8.64. The van der Waals surface area contributed by atoms with Crippen molar-refractivity contribution in [3.8, 4) is 11.5 Å². The Morgan fingerprint density at radius 3 is 2.78 bits per heavy atom. The van der Waals surface area contributed by atoms with Crippen molar-refractivity contribution >= 4 is 40.9 Å². The first-order valence-corrected chi connectivity index (χ1v) is 11.2. The van der Waals surface area contributed by atoms with Gasteiger partial charge in [0.2, 0.25) is 5.91 Å². The molecule has 0 spiro atoms. The molecule has 1 aromatic rings. The van der Waals surface area contributed by atoms with Crippen LogP contribution in [0.4, 0.5) is 0 Å². The first-order chi connectivity index (χ1) is 15.4. The Balaban J connectivity index is 1.53. The first kappa shape index (κ1) is 23.6. The predicted molar refractivity (Wildman–Crippen MR) is 120 cm³/mol. The van der Waals surface area contributed by atoms with Gasteiger partial charge in [-0.3, -0.25) is 14.4 Å². The number of rotatable bonds is 9. The van der Waals surface area contributed by atoms with Crippen LogP contribution in [0.2, 0.25) is 0 Å². The van der Waals surface area contributed by atoms with Gasteiger partial charge >= 0.3 is 5.97 Å². The molecule has 1 atom stereocenters. The van der Waals surface area contributed by atoms with Gasteiger partial charge in [-0.05, 0) is 36.6 Å². The molecule has 32 heavy (non-hydrogen) atoms. The summed E-state index contributed by atoms with van der Waals surface area (Å²) in [5.41, 5.74) is 0.668. The zero-order valence-corrected chi connectivity index (χ0v) is 18.5. The summed E-state index contributed by atoms with van der Waals surface area (Å²) in [5, 5.41) is 21.7. The number of aliphatic carboxylic acids is 1. The number of carboxylic acids is 1. The zero-order valence-electron chi connectivity index (χ0n) is 17.7. The molecule has 1 unspecified atom stereocenters. The number of methoxy groups -OCH3 is 1. The van der Waals surface area contributed by atoms with Crippen LogP contribution in [-0.2, 0) is 14.4 Å². The van der Waals surface area contributed by atoms with Crippen molar-refractivity contribution in [2.24, 2.45) is 10.2 Å². The fourth-order valence-electron chi connectivity index (χ4n) is 3.44. The Labute approximate surface area is 189 Å². The third-order valence-corrected chi connectivity index (χ3v) is 6.08. The maximum Gasteiger partial charge on any atom is 0.305 e. The summed E-state index contributed by atoms with van der Waals surface area (Å²) in [6, 6.07) is 5.32. The van der Waals surface area contributed by atoms with E-state index in [1.54, 1.807) is 18.2 Å². The lowest BCUT2D eigenvalue weighted by molar-refractivity contribution is -0.138. The van der Waals surface area contributed by atoms with Gasteiger partial charge in [-0.15, -0.1) is 5.10 Å². The monoisotopic (exact) mass is 462 g/mol. The minimum atomic E-state index is -1.05. The summed E-state index contributed by atoms with van der Waals surface area (Å²) >= 11 is 1.03. The maximum absolute atomic E-state index is 12.1. The standard InChI is InChI=1S/C21H26N4O6S/c1-30-16-9-13(11-22-25-21-24-20(29)17(32-21)10-19(27)28)7-8-15(16)31-12-18(26)23-14-5-3-2-4-6-14/h7-9,11,14,17H,2-6,10,12H2,1H3,(H,23,26)(H,27,28)(H,24,25,29). The van der Waals surface area contributed by atoms with E-state index in [2.05, 4.69) is 20.8 Å². The molecule has 0 radical (unpaired) electrons. The second kappa shape index (κ2) is 11.5. The smallest absolute Gasteiger partial charge is 0.305 e. The van der Waals surface area contributed by atoms with Crippen LogP contribution in [0.3, 0.4) is 0 Å². The number of hydrogen-bond donors (Lipinski definition) is 3. The highest BCUT2D eigenvalue weighted by Gasteiger charge is 2.32. The fraction of sp³-hybridized carbons (Fsp3) is 0.476. The summed E-state index contributed by atoms with van der Waals surface area (Å²) in [4.78, 5) is 34.6. The number of hydrogen-bond acceptors (Lipinski definition) is 8. The molecule has 0 aromatic heterocycles. The molecule has 10 nitrogen and oxygen atoms in total. The molecule has 3 rings (SSSR count). The minimum Gasteiger partial charge on any atom is -0.493 e. The molecule has 1 saturated carbocycles. The molecule has 2 aliphatic rings. The van der Waals surface area contributed by atoms with Gasteiger partial charge in [0.05, 0.1) is 19.7 Å². The molecular formula is C21H26N4O6S. The molecule has 1 saturated heterocycles. The van der Waals surface area contributed by atoms with Crippen LogP contribution >= 0.6 is 11.8 Å². The zero-order chi connectivity index (χ0) is 22.9. The van der Waals surface area contributed by atoms with E-state index < -0.39 is 17.1 Å². The number of nitrogens with zero attached hydrogens (tertiary/aromatic N) is 2. The van der Waals surface area contributed by atoms with Gasteiger partial charge in [0, 0.05) is 6.04 Å². The van der Waals surface area contributed by atoms with Crippen LogP contribution in [0.25, 0.3) is 0 Å². The molecule has 2 amide bonds. The number of amidine groups is 1. The van der Waals surface area contributed by atoms with Crippen molar-refractivity contribution in [2.75, 3.05) is 13.7 Å². The quantitative estimate of drug-likeness (QED) is 0.376. The third-order valence-electron chi connectivity index (χ3n) is 5.01. The molecule has 1 aromatic carbocycles. The Morgan fingerprint density at radius 1 is 1.28 bits per heavy atom. The number of amides is 2. The first-order valence-electron chi connectivity index (χ1n) is 10.3. The predicted octanol–water partition coefficient (Wildman–Crippen LogP) is 1.92. The van der Waals surface area contributed by atoms with E-state index in [0.29, 0.717) is 17.1 Å². The van der Waals surface area contributed by atoms with Gasteiger partial charge in [-0.1, -0.05) is 31.0 Å². The van der Waals surface area contributed by atoms with E-state index in [9.17, 15) is 14.4 Å². The largest absolute Gasteiger partial charge is 0.493 e. The van der Waals surface area contributed by atoms with Crippen molar-refractivity contribution in [3.05, 3.63) is 23.8 Å². The van der Waals surface area contributed by atoms with Crippen LogP contribution in [0.1, 0.15) is 44.1 Å². The Bertz CT molecular complexity index is 914. The summed E-state index contributed by atoms with van der Waals surface area (Å²) in [7, 11) is 1.50. The number of benzene rings is 1. The molecule has 11 heteroatoms. The van der Waals surface area contributed by atoms with Crippen LogP contribution in [0.15, 0.2) is 28.4 Å². The van der Waals surface area contributed by atoms with Gasteiger partial charge in [0.1, 0.15) is 5.25 Å². The number of ether oxygens (including phenoxy) is 2. The van der Waals surface area contributed by atoms with E-state index in [4.69, 9.17) is 14.6 Å². The summed E-state index contributed by atoms with van der Waals surface area (Å²) < 4.78 is 11.0. The van der Waals surface area contributed by atoms with Crippen molar-refractivity contribution < 1.29 is 29.0 Å². The highest BCUT2D eigenvalue weighted by Crippen LogP contribution is 2.28. The number of carbonyl (C=O) groups excluding carboxylic acids is 2. The Hall–Kier alpha value is -3.08. The Kier molecular flexibility index (Phi) is 8.48. The van der Waals surface area contributed by atoms with Gasteiger partial charge < -0.3 is 25.2 Å². The van der Waals surface area contributed by atoms with Crippen molar-refractivity contribution in [3.63, 3.8) is 0 Å². The van der Waals surface area contributed by atoms with E-state index in [1.807, 2.05) is 0 Å². The molecule has 1 heterocycles. The van der Waals surface area contributed by atoms with Gasteiger partial charge in [-0.25, -0.2) is 0 Å². The average molecular weight is 463 g/mol. The lowest BCUT2D eigenvalue weighted by Crippen LogP contribution is -2.39. The molecule has 0 bridgehead atoms. The van der Waals surface area contributed by atoms with Crippen molar-refractivity contribution in [1.82, 2.24) is 10.6 Å². The summed E-state index contributed by atoms with van der Waals surface area (Å²) in [5.74, 6) is -0.731. The van der Waals surface area contributed by atoms with Gasteiger partial charge in [-0.2, -0.15) is 5.10 Å². The number of thioether (sulfide) groups is 1. The lowest BCUT2D eigenvalue weighted by atomic mass is 9.95. The number of nitrogens with one attached hydrogen (secondary N) is 2. The van der Waals surface area contributed by atoms with Crippen LogP contribution in [-0.4, -0.2) is 59.3 Å². The fourth-order valence-corrected chi connectivity index (χ4v) is 4.35. The highest BCUT2D eigenvalue weighted by atomic mass is 32.2. The SMILES string of the molecule is COc1cc(C=NN=C2NC(=O)C(CC(=O)O)S2)ccc1OCC(=O)NC1CCCCC1. The highest BCUT2D eigenvalue weighted by molar-refractivity contribution is 8.15. The van der Waals surface area contributed by atoms with E-state index in [1.165, 1.54) is 19.7 Å². The van der Waals surface area contributed by atoms with Crippen LogP contribution < -0.4 is 20.1 Å². The second-order valence-electron chi connectivity index (χ2n) is 7.44. The number of carboxylic acid groups (broad SMARTS) is 1. The van der Waals surface area contributed by atoms with E-state index in [-0.39, 0.29) is 30.1 Å². The molecule has 1 aliphatic carbocycles. The summed E-state index contributed by atoms with van der Waals surface area (Å²) in [6.07, 6.45) is 6.71. The normalized spacial score (nSPS) is 20.3.